The van der Waals surface area contributed by atoms with Crippen molar-refractivity contribution in [3.05, 3.63) is 76.4 Å². The van der Waals surface area contributed by atoms with Crippen molar-refractivity contribution in [1.82, 2.24) is 14.5 Å². The van der Waals surface area contributed by atoms with Crippen LogP contribution in [0.4, 0.5) is 11.4 Å². The first-order valence-corrected chi connectivity index (χ1v) is 14.2. The van der Waals surface area contributed by atoms with Crippen molar-refractivity contribution in [3.63, 3.8) is 0 Å². The number of imidazole rings is 1. The minimum absolute atomic E-state index is 0.00674. The molecule has 3 aromatic rings. The Hall–Kier alpha value is -3.36. The number of nitrogens with zero attached hydrogens (tertiary/aromatic N) is 4. The van der Waals surface area contributed by atoms with Gasteiger partial charge in [0.15, 0.2) is 0 Å². The highest BCUT2D eigenvalue weighted by molar-refractivity contribution is 5.72. The molecule has 0 bridgehead atoms. The van der Waals surface area contributed by atoms with Crippen LogP contribution in [0, 0.1) is 19.3 Å². The molecule has 1 aromatic heterocycles. The van der Waals surface area contributed by atoms with Gasteiger partial charge in [-0.1, -0.05) is 57.9 Å². The average molecular weight is 549 g/mol. The summed E-state index contributed by atoms with van der Waals surface area (Å²) < 4.78 is 2.33. The van der Waals surface area contributed by atoms with Gasteiger partial charge >= 0.3 is 0 Å². The molecule has 4 rings (SSSR count). The van der Waals surface area contributed by atoms with Gasteiger partial charge in [-0.05, 0) is 79.1 Å². The van der Waals surface area contributed by atoms with Crippen molar-refractivity contribution in [2.45, 2.75) is 79.3 Å². The molecule has 0 spiro atoms. The molecule has 218 valence electrons. The number of nitrogens with two attached hydrogens (primary N) is 2. The van der Waals surface area contributed by atoms with E-state index in [-0.39, 0.29) is 17.8 Å². The SMILES string of the molecule is Cc1ccc(C(c2ccc(N(C)N)c(N)c2C)C(C)(C)C)cc1Cn1ccnc1CN1CCCCCC1.O=CO. The summed E-state index contributed by atoms with van der Waals surface area (Å²) in [5, 5.41) is 8.48. The summed E-state index contributed by atoms with van der Waals surface area (Å²) in [4.78, 5) is 15.7. The topological polar surface area (TPSA) is 114 Å². The molecule has 2 heterocycles. The lowest BCUT2D eigenvalue weighted by molar-refractivity contribution is -0.122. The molecule has 5 N–H and O–H groups in total. The van der Waals surface area contributed by atoms with Gasteiger partial charge in [-0.15, -0.1) is 0 Å². The predicted octanol–water partition coefficient (Wildman–Crippen LogP) is 5.70. The summed E-state index contributed by atoms with van der Waals surface area (Å²) in [6.07, 6.45) is 9.37. The summed E-state index contributed by atoms with van der Waals surface area (Å²) in [5.74, 6) is 7.39. The van der Waals surface area contributed by atoms with E-state index in [1.807, 2.05) is 19.3 Å². The normalized spacial score (nSPS) is 15.1. The number of hydrazine groups is 1. The lowest BCUT2D eigenvalue weighted by Crippen LogP contribution is -2.27. The quantitative estimate of drug-likeness (QED) is 0.150. The number of hydrogen-bond acceptors (Lipinski definition) is 6. The van der Waals surface area contributed by atoms with Gasteiger partial charge in [0.25, 0.3) is 6.47 Å². The van der Waals surface area contributed by atoms with Crippen molar-refractivity contribution < 1.29 is 9.90 Å². The molecule has 1 saturated heterocycles. The summed E-state index contributed by atoms with van der Waals surface area (Å²) in [5.41, 5.74) is 14.5. The standard InChI is InChI=1S/C31H46N6.CH2O2/c1-22-11-12-24(29(31(3,4)5)26-13-14-27(35(6)33)30(32)23(26)2)19-25(22)20-37-18-15-34-28(37)21-36-16-9-7-8-10-17-36;2-1-3/h11-15,18-19,29H,7-10,16-17,20-21,32-33H2,1-6H3;1H,(H,2,3). The number of aryl methyl sites for hydroxylation is 1. The summed E-state index contributed by atoms with van der Waals surface area (Å²) >= 11 is 0. The predicted molar refractivity (Wildman–Crippen MR) is 164 cm³/mol. The van der Waals surface area contributed by atoms with Gasteiger partial charge in [-0.25, -0.2) is 10.8 Å². The highest BCUT2D eigenvalue weighted by Crippen LogP contribution is 2.44. The first kappa shape index (κ1) is 31.2. The number of benzene rings is 2. The monoisotopic (exact) mass is 548 g/mol. The van der Waals surface area contributed by atoms with Crippen LogP contribution in [-0.4, -0.2) is 46.2 Å². The Morgan fingerprint density at radius 2 is 1.73 bits per heavy atom. The summed E-state index contributed by atoms with van der Waals surface area (Å²) in [6, 6.07) is 11.2. The Balaban J connectivity index is 0.00000141. The Bertz CT molecular complexity index is 1250. The molecule has 40 heavy (non-hydrogen) atoms. The van der Waals surface area contributed by atoms with E-state index < -0.39 is 0 Å². The van der Waals surface area contributed by atoms with Crippen LogP contribution in [-0.2, 0) is 17.9 Å². The maximum atomic E-state index is 8.36. The van der Waals surface area contributed by atoms with Gasteiger partial charge in [0.05, 0.1) is 17.9 Å². The summed E-state index contributed by atoms with van der Waals surface area (Å²) in [7, 11) is 1.83. The van der Waals surface area contributed by atoms with Gasteiger partial charge in [0.2, 0.25) is 0 Å². The molecule has 8 nitrogen and oxygen atoms in total. The van der Waals surface area contributed by atoms with Crippen LogP contribution in [0.5, 0.6) is 0 Å². The van der Waals surface area contributed by atoms with Gasteiger partial charge < -0.3 is 20.4 Å². The van der Waals surface area contributed by atoms with E-state index in [1.165, 1.54) is 61.0 Å². The Labute approximate surface area is 240 Å². The number of anilines is 2. The Kier molecular flexibility index (Phi) is 10.8. The Morgan fingerprint density at radius 3 is 2.33 bits per heavy atom. The van der Waals surface area contributed by atoms with Crippen molar-refractivity contribution in [1.29, 1.82) is 0 Å². The molecule has 1 unspecified atom stereocenters. The number of nitrogen functional groups attached to an aromatic ring is 1. The maximum Gasteiger partial charge on any atom is 0.290 e. The molecule has 0 radical (unpaired) electrons. The minimum Gasteiger partial charge on any atom is -0.483 e. The van der Waals surface area contributed by atoms with E-state index in [0.29, 0.717) is 0 Å². The first-order chi connectivity index (χ1) is 19.0. The third kappa shape index (κ3) is 7.64. The fourth-order valence-corrected chi connectivity index (χ4v) is 5.85. The minimum atomic E-state index is -0.250. The van der Waals surface area contributed by atoms with Crippen LogP contribution < -0.4 is 16.6 Å². The fourth-order valence-electron chi connectivity index (χ4n) is 5.85. The van der Waals surface area contributed by atoms with E-state index in [4.69, 9.17) is 26.5 Å². The molecule has 2 aromatic carbocycles. The lowest BCUT2D eigenvalue weighted by Gasteiger charge is -2.34. The Morgan fingerprint density at radius 1 is 1.07 bits per heavy atom. The highest BCUT2D eigenvalue weighted by Gasteiger charge is 2.30. The van der Waals surface area contributed by atoms with E-state index >= 15 is 0 Å². The molecule has 8 heteroatoms. The molecule has 1 aliphatic heterocycles. The first-order valence-electron chi connectivity index (χ1n) is 14.2. The number of likely N-dealkylation sites (tertiary alicyclic amines) is 1. The van der Waals surface area contributed by atoms with E-state index in [1.54, 1.807) is 5.01 Å². The second-order valence-electron chi connectivity index (χ2n) is 12.1. The second kappa shape index (κ2) is 13.8. The molecule has 0 aliphatic carbocycles. The lowest BCUT2D eigenvalue weighted by atomic mass is 9.71. The average Bonchev–Trinajstić information content (AvgIpc) is 3.14. The van der Waals surface area contributed by atoms with E-state index in [9.17, 15) is 0 Å². The van der Waals surface area contributed by atoms with Crippen LogP contribution >= 0.6 is 0 Å². The highest BCUT2D eigenvalue weighted by atomic mass is 16.3. The van der Waals surface area contributed by atoms with Gasteiger partial charge in [-0.3, -0.25) is 9.69 Å². The number of hydrogen-bond donors (Lipinski definition) is 3. The number of carbonyl (C=O) groups is 1. The zero-order valence-electron chi connectivity index (χ0n) is 25.2. The van der Waals surface area contributed by atoms with Gasteiger partial charge in [-0.2, -0.15) is 0 Å². The van der Waals surface area contributed by atoms with Crippen molar-refractivity contribution in [2.24, 2.45) is 11.3 Å². The number of aromatic nitrogens is 2. The number of carboxylic acid groups (broad SMARTS) is 1. The third-order valence-corrected chi connectivity index (χ3v) is 8.00. The van der Waals surface area contributed by atoms with Crippen molar-refractivity contribution in [2.75, 3.05) is 30.9 Å². The smallest absolute Gasteiger partial charge is 0.290 e. The van der Waals surface area contributed by atoms with Crippen molar-refractivity contribution in [3.8, 4) is 0 Å². The van der Waals surface area contributed by atoms with Gasteiger partial charge in [0.1, 0.15) is 5.82 Å². The molecular weight excluding hydrogens is 500 g/mol. The van der Waals surface area contributed by atoms with Crippen LogP contribution in [0.1, 0.15) is 86.0 Å². The maximum absolute atomic E-state index is 8.36. The van der Waals surface area contributed by atoms with Crippen molar-refractivity contribution >= 4 is 17.8 Å². The zero-order chi connectivity index (χ0) is 29.4. The van der Waals surface area contributed by atoms with Crippen LogP contribution in [0.15, 0.2) is 42.7 Å². The molecule has 1 aliphatic rings. The largest absolute Gasteiger partial charge is 0.483 e. The molecule has 1 fully saturated rings. The molecular formula is C32H48N6O2. The molecule has 0 saturated carbocycles. The second-order valence-corrected chi connectivity index (χ2v) is 12.1. The van der Waals surface area contributed by atoms with Gasteiger partial charge in [0, 0.05) is 31.9 Å². The van der Waals surface area contributed by atoms with Crippen LogP contribution in [0.3, 0.4) is 0 Å². The molecule has 1 atom stereocenters. The van der Waals surface area contributed by atoms with Crippen LogP contribution in [0.2, 0.25) is 0 Å². The fraction of sp³-hybridized carbons (Fsp3) is 0.500. The van der Waals surface area contributed by atoms with E-state index in [0.717, 1.165) is 35.9 Å². The zero-order valence-corrected chi connectivity index (χ0v) is 25.2. The van der Waals surface area contributed by atoms with E-state index in [2.05, 4.69) is 74.5 Å². The third-order valence-electron chi connectivity index (χ3n) is 8.00. The number of rotatable bonds is 7. The van der Waals surface area contributed by atoms with Crippen LogP contribution in [0.25, 0.3) is 0 Å². The summed E-state index contributed by atoms with van der Waals surface area (Å²) in [6.45, 7) is 15.1. The molecule has 0 amide bonds.